The summed E-state index contributed by atoms with van der Waals surface area (Å²) < 4.78 is 0. The summed E-state index contributed by atoms with van der Waals surface area (Å²) in [5.74, 6) is 0. The molecule has 1 saturated carbocycles. The summed E-state index contributed by atoms with van der Waals surface area (Å²) >= 11 is -0.472. The molecule has 0 radical (unpaired) electrons. The van der Waals surface area contributed by atoms with Gasteiger partial charge in [0.1, 0.15) is 0 Å². The average molecular weight is 379 g/mol. The molecule has 0 amide bonds. The molecule has 0 aromatic rings. The number of rotatable bonds is 0. The minimum atomic E-state index is -0.472. The summed E-state index contributed by atoms with van der Waals surface area (Å²) in [6, 6.07) is 0.525. The maximum atomic E-state index is 5.73. The molecule has 72 valence electrons. The van der Waals surface area contributed by atoms with E-state index in [9.17, 15) is 0 Å². The Labute approximate surface area is 85.4 Å². The number of halogens is 2. The molecule has 0 saturated heterocycles. The van der Waals surface area contributed by atoms with E-state index in [1.807, 2.05) is 0 Å². The van der Waals surface area contributed by atoms with Crippen LogP contribution in [0.4, 0.5) is 0 Å². The molecule has 1 aliphatic rings. The third kappa shape index (κ3) is 9.14. The van der Waals surface area contributed by atoms with E-state index in [0.29, 0.717) is 6.04 Å². The molecule has 0 atom stereocenters. The van der Waals surface area contributed by atoms with Crippen LogP contribution in [0.1, 0.15) is 38.5 Å². The molecule has 1 nitrogen and oxygen atoms in total. The van der Waals surface area contributed by atoms with Gasteiger partial charge in [-0.2, -0.15) is 0 Å². The van der Waals surface area contributed by atoms with Crippen LogP contribution in [0.15, 0.2) is 0 Å². The number of hydrogen-bond acceptors (Lipinski definition) is 1. The molecule has 11 heavy (non-hydrogen) atoms. The molecule has 1 fully saturated rings. The van der Waals surface area contributed by atoms with Crippen molar-refractivity contribution in [1.82, 2.24) is 0 Å². The van der Waals surface area contributed by atoms with Crippen LogP contribution in [0.5, 0.6) is 0 Å². The monoisotopic (exact) mass is 378 g/mol. The predicted octanol–water partition coefficient (Wildman–Crippen LogP) is 3.04. The fourth-order valence-corrected chi connectivity index (χ4v) is 1.31. The third-order valence-electron chi connectivity index (χ3n) is 1.90. The van der Waals surface area contributed by atoms with Crippen molar-refractivity contribution in [3.63, 3.8) is 0 Å². The molecule has 0 heterocycles. The van der Waals surface area contributed by atoms with E-state index in [4.69, 9.17) is 24.6 Å². The molecule has 0 aliphatic heterocycles. The maximum absolute atomic E-state index is 5.73. The zero-order chi connectivity index (χ0) is 8.53. The molecule has 2 N–H and O–H groups in total. The molecule has 0 bridgehead atoms. The van der Waals surface area contributed by atoms with Crippen LogP contribution in [0.2, 0.25) is 0 Å². The normalized spacial score (nSPS) is 20.3. The summed E-state index contributed by atoms with van der Waals surface area (Å²) in [5.41, 5.74) is 5.73. The van der Waals surface area contributed by atoms with Crippen molar-refractivity contribution in [3.05, 3.63) is 0 Å². The summed E-state index contributed by atoms with van der Waals surface area (Å²) in [5, 5.41) is 0. The zero-order valence-electron chi connectivity index (χ0n) is 6.47. The average Bonchev–Trinajstić information content (AvgIpc) is 2.18. The first kappa shape index (κ1) is 12.2. The summed E-state index contributed by atoms with van der Waals surface area (Å²) in [6.07, 6.45) is 8.07. The second-order valence-corrected chi connectivity index (χ2v) is 6.08. The van der Waals surface area contributed by atoms with Gasteiger partial charge < -0.3 is 5.73 Å². The zero-order valence-corrected chi connectivity index (χ0v) is 10.3. The Morgan fingerprint density at radius 1 is 1.00 bits per heavy atom. The Bertz CT molecular complexity index is 74.8. The van der Waals surface area contributed by atoms with Gasteiger partial charge in [0.15, 0.2) is 0 Å². The Morgan fingerprint density at radius 2 is 1.36 bits per heavy atom. The van der Waals surface area contributed by atoms with E-state index in [1.165, 1.54) is 38.5 Å². The summed E-state index contributed by atoms with van der Waals surface area (Å²) in [6.45, 7) is 0. The number of hydrogen-bond donors (Lipinski definition) is 1. The Balaban J connectivity index is 0.000000292. The van der Waals surface area contributed by atoms with Crippen LogP contribution >= 0.6 is 18.8 Å². The molecule has 4 heteroatoms. The SMILES string of the molecule is NC1CCCCCC1.[Cl][Pt][Cl]. The molecule has 1 aliphatic carbocycles. The first-order valence-corrected chi connectivity index (χ1v) is 9.52. The van der Waals surface area contributed by atoms with Crippen molar-refractivity contribution in [3.8, 4) is 0 Å². The van der Waals surface area contributed by atoms with Gasteiger partial charge in [-0.15, -0.1) is 0 Å². The van der Waals surface area contributed by atoms with Crippen molar-refractivity contribution in [2.45, 2.75) is 44.6 Å². The van der Waals surface area contributed by atoms with Crippen LogP contribution in [-0.2, 0) is 16.5 Å². The molecule has 0 unspecified atom stereocenters. The van der Waals surface area contributed by atoms with Gasteiger partial charge in [-0.1, -0.05) is 25.7 Å². The number of nitrogens with two attached hydrogens (primary N) is 1. The topological polar surface area (TPSA) is 26.0 Å². The van der Waals surface area contributed by atoms with Crippen LogP contribution in [-0.4, -0.2) is 6.04 Å². The third-order valence-corrected chi connectivity index (χ3v) is 1.90. The molecular weight excluding hydrogens is 364 g/mol. The first-order chi connectivity index (χ1) is 5.31. The van der Waals surface area contributed by atoms with Gasteiger partial charge in [0, 0.05) is 6.04 Å². The molecule has 0 spiro atoms. The van der Waals surface area contributed by atoms with E-state index >= 15 is 0 Å². The van der Waals surface area contributed by atoms with E-state index in [0.717, 1.165) is 0 Å². The standard InChI is InChI=1S/C7H15N.2ClH.Pt/c8-7-5-3-1-2-4-6-7;;;/h7H,1-6,8H2;2*1H;/q;;;+2/p-2. The van der Waals surface area contributed by atoms with Crippen molar-refractivity contribution < 1.29 is 16.5 Å². The van der Waals surface area contributed by atoms with Gasteiger partial charge in [0.2, 0.25) is 0 Å². The van der Waals surface area contributed by atoms with Crippen molar-refractivity contribution in [2.75, 3.05) is 0 Å². The van der Waals surface area contributed by atoms with E-state index in [2.05, 4.69) is 0 Å². The van der Waals surface area contributed by atoms with Crippen LogP contribution in [0.25, 0.3) is 0 Å². The van der Waals surface area contributed by atoms with Gasteiger partial charge in [-0.3, -0.25) is 0 Å². The fourth-order valence-electron chi connectivity index (χ4n) is 1.31. The van der Waals surface area contributed by atoms with Crippen molar-refractivity contribution >= 4 is 18.8 Å². The Kier molecular flexibility index (Phi) is 10.4. The predicted molar refractivity (Wildman–Crippen MR) is 47.4 cm³/mol. The second-order valence-electron chi connectivity index (χ2n) is 2.80. The Hall–Kier alpha value is 1.23. The molecular formula is C7H15Cl2NPt. The molecule has 0 aromatic carbocycles. The van der Waals surface area contributed by atoms with E-state index in [-0.39, 0.29) is 0 Å². The fraction of sp³-hybridized carbons (Fsp3) is 1.00. The van der Waals surface area contributed by atoms with Crippen molar-refractivity contribution in [2.24, 2.45) is 5.73 Å². The van der Waals surface area contributed by atoms with Gasteiger partial charge in [0.25, 0.3) is 0 Å². The van der Waals surface area contributed by atoms with E-state index < -0.39 is 16.5 Å². The minimum absolute atomic E-state index is 0.472. The van der Waals surface area contributed by atoms with Gasteiger partial charge in [-0.05, 0) is 12.8 Å². The van der Waals surface area contributed by atoms with Gasteiger partial charge in [-0.25, -0.2) is 0 Å². The second kappa shape index (κ2) is 9.32. The van der Waals surface area contributed by atoms with Crippen LogP contribution in [0, 0.1) is 0 Å². The Morgan fingerprint density at radius 3 is 1.73 bits per heavy atom. The quantitative estimate of drug-likeness (QED) is 0.644. The van der Waals surface area contributed by atoms with Gasteiger partial charge in [0.05, 0.1) is 0 Å². The first-order valence-electron chi connectivity index (χ1n) is 3.89. The van der Waals surface area contributed by atoms with Gasteiger partial charge >= 0.3 is 35.3 Å². The van der Waals surface area contributed by atoms with Crippen LogP contribution < -0.4 is 5.73 Å². The van der Waals surface area contributed by atoms with Crippen molar-refractivity contribution in [1.29, 1.82) is 0 Å². The summed E-state index contributed by atoms with van der Waals surface area (Å²) in [4.78, 5) is 0. The molecule has 1 rings (SSSR count). The van der Waals surface area contributed by atoms with E-state index in [1.54, 1.807) is 0 Å². The molecule has 0 aromatic heterocycles. The van der Waals surface area contributed by atoms with Crippen LogP contribution in [0.3, 0.4) is 0 Å². The summed E-state index contributed by atoms with van der Waals surface area (Å²) in [7, 11) is 9.75.